The summed E-state index contributed by atoms with van der Waals surface area (Å²) in [6.45, 7) is 0. The Hall–Kier alpha value is -1.46. The number of thiophene rings is 1. The van der Waals surface area contributed by atoms with Crippen LogP contribution in [-0.4, -0.2) is 20.0 Å². The van der Waals surface area contributed by atoms with Crippen LogP contribution in [0.1, 0.15) is 28.1 Å². The van der Waals surface area contributed by atoms with Crippen LogP contribution in [0, 0.1) is 0 Å². The first-order valence-electron chi connectivity index (χ1n) is 6.38. The first-order valence-corrected chi connectivity index (χ1v) is 9.08. The van der Waals surface area contributed by atoms with E-state index in [0.29, 0.717) is 11.3 Å². The quantitative estimate of drug-likeness (QED) is 0.737. The Morgan fingerprint density at radius 2 is 1.80 bits per heavy atom. The molecule has 0 unspecified atom stereocenters. The first-order chi connectivity index (χ1) is 9.57. The van der Waals surface area contributed by atoms with E-state index in [4.69, 9.17) is 0 Å². The molecule has 2 rings (SSSR count). The van der Waals surface area contributed by atoms with Crippen LogP contribution in [0.2, 0.25) is 0 Å². The summed E-state index contributed by atoms with van der Waals surface area (Å²) in [5.74, 6) is 0.120. The Balaban J connectivity index is 1.82. The normalized spacial score (nSPS) is 11.4. The minimum Gasteiger partial charge on any atom is -0.293 e. The molecule has 0 atom stereocenters. The van der Waals surface area contributed by atoms with Gasteiger partial charge in [-0.15, -0.1) is 11.3 Å². The molecular weight excluding hydrogens is 292 g/mol. The molecule has 0 bridgehead atoms. The molecule has 0 N–H and O–H groups in total. The topological polar surface area (TPSA) is 51.2 Å². The molecule has 2 aromatic rings. The fraction of sp³-hybridized carbons (Fsp3) is 0.267. The molecule has 106 valence electrons. The molecule has 5 heteroatoms. The van der Waals surface area contributed by atoms with Crippen LogP contribution >= 0.6 is 11.3 Å². The molecule has 1 aromatic carbocycles. The molecule has 0 aliphatic rings. The number of Topliss-reactive ketones (excluding diaryl/α,β-unsaturated/α-hetero) is 1. The van der Waals surface area contributed by atoms with Gasteiger partial charge in [-0.3, -0.25) is 4.79 Å². The number of hydrogen-bond donors (Lipinski definition) is 0. The molecule has 0 spiro atoms. The summed E-state index contributed by atoms with van der Waals surface area (Å²) in [6.07, 6.45) is 0.667. The standard InChI is InChI=1S/C15H16O3S2/c16-14(15-9-4-10-19-15)8-5-11-20(17,18)12-13-6-2-1-3-7-13/h1-4,6-7,9-10H,5,8,11-12H2. The van der Waals surface area contributed by atoms with Crippen molar-refractivity contribution in [3.8, 4) is 0 Å². The van der Waals surface area contributed by atoms with Gasteiger partial charge in [-0.1, -0.05) is 36.4 Å². The summed E-state index contributed by atoms with van der Waals surface area (Å²) in [4.78, 5) is 12.5. The fourth-order valence-electron chi connectivity index (χ4n) is 1.91. The Morgan fingerprint density at radius 1 is 1.05 bits per heavy atom. The second-order valence-corrected chi connectivity index (χ2v) is 7.71. The van der Waals surface area contributed by atoms with Crippen molar-refractivity contribution in [1.82, 2.24) is 0 Å². The number of benzene rings is 1. The SMILES string of the molecule is O=C(CCCS(=O)(=O)Cc1ccccc1)c1cccs1. The zero-order valence-electron chi connectivity index (χ0n) is 11.0. The van der Waals surface area contributed by atoms with E-state index in [9.17, 15) is 13.2 Å². The van der Waals surface area contributed by atoms with Crippen molar-refractivity contribution in [1.29, 1.82) is 0 Å². The molecule has 0 fully saturated rings. The van der Waals surface area contributed by atoms with Gasteiger partial charge in [0, 0.05) is 6.42 Å². The molecule has 3 nitrogen and oxygen atoms in total. The zero-order valence-corrected chi connectivity index (χ0v) is 12.6. The molecule has 0 saturated heterocycles. The van der Waals surface area contributed by atoms with E-state index in [2.05, 4.69) is 0 Å². The molecule has 0 aliphatic heterocycles. The summed E-state index contributed by atoms with van der Waals surface area (Å²) >= 11 is 1.39. The first kappa shape index (κ1) is 14.9. The Labute approximate surface area is 123 Å². The van der Waals surface area contributed by atoms with Crippen molar-refractivity contribution in [3.05, 3.63) is 58.3 Å². The van der Waals surface area contributed by atoms with Crippen molar-refractivity contribution in [3.63, 3.8) is 0 Å². The van der Waals surface area contributed by atoms with Gasteiger partial charge in [0.05, 0.1) is 16.4 Å². The number of carbonyl (C=O) groups is 1. The highest BCUT2D eigenvalue weighted by molar-refractivity contribution is 7.90. The van der Waals surface area contributed by atoms with E-state index in [1.165, 1.54) is 11.3 Å². The van der Waals surface area contributed by atoms with Crippen molar-refractivity contribution < 1.29 is 13.2 Å². The third-order valence-electron chi connectivity index (χ3n) is 2.88. The minimum atomic E-state index is -3.15. The van der Waals surface area contributed by atoms with E-state index in [1.807, 2.05) is 29.6 Å². The highest BCUT2D eigenvalue weighted by Crippen LogP contribution is 2.14. The molecule has 1 aromatic heterocycles. The molecule has 0 amide bonds. The van der Waals surface area contributed by atoms with Crippen molar-refractivity contribution >= 4 is 27.0 Å². The number of carbonyl (C=O) groups excluding carboxylic acids is 1. The Morgan fingerprint density at radius 3 is 2.45 bits per heavy atom. The van der Waals surface area contributed by atoms with E-state index >= 15 is 0 Å². The average Bonchev–Trinajstić information content (AvgIpc) is 2.93. The van der Waals surface area contributed by atoms with Crippen molar-refractivity contribution in [2.75, 3.05) is 5.75 Å². The number of hydrogen-bond acceptors (Lipinski definition) is 4. The second kappa shape index (κ2) is 6.81. The molecule has 1 heterocycles. The summed E-state index contributed by atoms with van der Waals surface area (Å²) in [7, 11) is -3.15. The molecule has 0 saturated carbocycles. The van der Waals surface area contributed by atoms with Crippen LogP contribution in [-0.2, 0) is 15.6 Å². The number of rotatable bonds is 7. The van der Waals surface area contributed by atoms with Gasteiger partial charge < -0.3 is 0 Å². The summed E-state index contributed by atoms with van der Waals surface area (Å²) in [5, 5.41) is 1.85. The van der Waals surface area contributed by atoms with Gasteiger partial charge >= 0.3 is 0 Å². The van der Waals surface area contributed by atoms with Gasteiger partial charge in [0.25, 0.3) is 0 Å². The van der Waals surface area contributed by atoms with E-state index in [1.54, 1.807) is 18.2 Å². The zero-order chi connectivity index (χ0) is 14.4. The lowest BCUT2D eigenvalue weighted by Gasteiger charge is -2.04. The Bertz CT molecular complexity index is 644. The lowest BCUT2D eigenvalue weighted by Crippen LogP contribution is -2.10. The van der Waals surface area contributed by atoms with Gasteiger partial charge in [-0.2, -0.15) is 0 Å². The Kier molecular flexibility index (Phi) is 5.09. The second-order valence-electron chi connectivity index (χ2n) is 4.58. The van der Waals surface area contributed by atoms with Crippen LogP contribution in [0.5, 0.6) is 0 Å². The maximum atomic E-state index is 12.0. The molecule has 0 radical (unpaired) electrons. The van der Waals surface area contributed by atoms with Crippen LogP contribution < -0.4 is 0 Å². The van der Waals surface area contributed by atoms with Gasteiger partial charge in [0.15, 0.2) is 15.6 Å². The summed E-state index contributed by atoms with van der Waals surface area (Å²) in [6, 6.07) is 12.7. The van der Waals surface area contributed by atoms with Crippen LogP contribution in [0.25, 0.3) is 0 Å². The molecule has 20 heavy (non-hydrogen) atoms. The van der Waals surface area contributed by atoms with Gasteiger partial charge in [0.1, 0.15) is 0 Å². The monoisotopic (exact) mass is 308 g/mol. The maximum Gasteiger partial charge on any atom is 0.172 e. The smallest absolute Gasteiger partial charge is 0.172 e. The highest BCUT2D eigenvalue weighted by atomic mass is 32.2. The van der Waals surface area contributed by atoms with Crippen LogP contribution in [0.4, 0.5) is 0 Å². The molecule has 0 aliphatic carbocycles. The minimum absolute atomic E-state index is 0.0231. The number of sulfone groups is 1. The van der Waals surface area contributed by atoms with E-state index in [0.717, 1.165) is 5.56 Å². The van der Waals surface area contributed by atoms with Crippen LogP contribution in [0.3, 0.4) is 0 Å². The predicted octanol–water partition coefficient (Wildman–Crippen LogP) is 3.33. The highest BCUT2D eigenvalue weighted by Gasteiger charge is 2.14. The summed E-state index contributed by atoms with van der Waals surface area (Å²) in [5.41, 5.74) is 0.789. The number of ketones is 1. The predicted molar refractivity (Wildman–Crippen MR) is 81.8 cm³/mol. The third kappa shape index (κ3) is 4.58. The van der Waals surface area contributed by atoms with Gasteiger partial charge in [-0.05, 0) is 23.4 Å². The lowest BCUT2D eigenvalue weighted by atomic mass is 10.2. The van der Waals surface area contributed by atoms with E-state index in [-0.39, 0.29) is 23.7 Å². The van der Waals surface area contributed by atoms with Crippen molar-refractivity contribution in [2.45, 2.75) is 18.6 Å². The average molecular weight is 308 g/mol. The molecular formula is C15H16O3S2. The summed E-state index contributed by atoms with van der Waals surface area (Å²) < 4.78 is 23.9. The van der Waals surface area contributed by atoms with Crippen molar-refractivity contribution in [2.24, 2.45) is 0 Å². The van der Waals surface area contributed by atoms with Gasteiger partial charge in [-0.25, -0.2) is 8.42 Å². The lowest BCUT2D eigenvalue weighted by molar-refractivity contribution is 0.0986. The third-order valence-corrected chi connectivity index (χ3v) is 5.48. The van der Waals surface area contributed by atoms with Gasteiger partial charge in [0.2, 0.25) is 0 Å². The van der Waals surface area contributed by atoms with E-state index < -0.39 is 9.84 Å². The van der Waals surface area contributed by atoms with Crippen LogP contribution in [0.15, 0.2) is 47.8 Å². The largest absolute Gasteiger partial charge is 0.293 e. The fourth-order valence-corrected chi connectivity index (χ4v) is 4.04. The maximum absolute atomic E-state index is 12.0.